The number of aromatic nitrogens is 1. The number of para-hydroxylation sites is 1. The number of hydrogen-bond donors (Lipinski definition) is 0. The van der Waals surface area contributed by atoms with Crippen LogP contribution in [-0.4, -0.2) is 41.3 Å². The molecule has 0 saturated carbocycles. The molecule has 2 aromatic carbocycles. The second kappa shape index (κ2) is 10.6. The van der Waals surface area contributed by atoms with Gasteiger partial charge in [-0.15, -0.1) is 35.1 Å². The van der Waals surface area contributed by atoms with Crippen molar-refractivity contribution in [2.75, 3.05) is 13.7 Å². The van der Waals surface area contributed by atoms with Crippen molar-refractivity contribution in [2.45, 2.75) is 39.3 Å². The predicted octanol–water partition coefficient (Wildman–Crippen LogP) is 6.43. The van der Waals surface area contributed by atoms with Crippen LogP contribution in [0.1, 0.15) is 49.9 Å². The van der Waals surface area contributed by atoms with Crippen molar-refractivity contribution in [2.24, 2.45) is 0 Å². The van der Waals surface area contributed by atoms with Crippen LogP contribution < -0.4 is 0 Å². The topological polar surface area (TPSA) is 59.5 Å². The van der Waals surface area contributed by atoms with E-state index in [0.717, 1.165) is 45.2 Å². The van der Waals surface area contributed by atoms with Crippen LogP contribution in [0.2, 0.25) is 0 Å². The number of fused-ring (bicyclic) bond motifs is 2. The highest BCUT2D eigenvalue weighted by atomic mass is 35.5. The second-order valence-electron chi connectivity index (χ2n) is 8.77. The molecule has 0 radical (unpaired) electrons. The molecule has 0 unspecified atom stereocenters. The monoisotopic (exact) mass is 526 g/mol. The van der Waals surface area contributed by atoms with E-state index in [9.17, 15) is 9.59 Å². The summed E-state index contributed by atoms with van der Waals surface area (Å²) in [5.41, 5.74) is 4.54. The quantitative estimate of drug-likeness (QED) is 0.214. The van der Waals surface area contributed by atoms with Gasteiger partial charge in [0.25, 0.3) is 0 Å². The Morgan fingerprint density at radius 2 is 1.77 bits per heavy atom. The number of ketones is 1. The van der Waals surface area contributed by atoms with Crippen LogP contribution in [-0.2, 0) is 24.1 Å². The third kappa shape index (κ3) is 5.05. The van der Waals surface area contributed by atoms with E-state index in [4.69, 9.17) is 9.72 Å². The molecule has 1 aliphatic rings. The Kier molecular flexibility index (Phi) is 7.71. The van der Waals surface area contributed by atoms with Gasteiger partial charge in [0.05, 0.1) is 22.9 Å². The van der Waals surface area contributed by atoms with Crippen LogP contribution in [0.15, 0.2) is 48.5 Å². The lowest BCUT2D eigenvalue weighted by Crippen LogP contribution is -2.35. The maximum Gasteiger partial charge on any atom is 0.337 e. The molecule has 5 rings (SSSR count). The molecule has 0 bridgehead atoms. The van der Waals surface area contributed by atoms with Gasteiger partial charge in [-0.1, -0.05) is 24.3 Å². The molecule has 0 aliphatic carbocycles. The molecular weight excluding hydrogens is 500 g/mol. The van der Waals surface area contributed by atoms with E-state index in [1.54, 1.807) is 46.9 Å². The van der Waals surface area contributed by atoms with Crippen LogP contribution in [0, 0.1) is 0 Å². The van der Waals surface area contributed by atoms with Crippen LogP contribution in [0.25, 0.3) is 20.8 Å². The van der Waals surface area contributed by atoms with Crippen molar-refractivity contribution in [1.82, 2.24) is 9.88 Å². The van der Waals surface area contributed by atoms with E-state index in [1.807, 2.05) is 18.2 Å². The Labute approximate surface area is 219 Å². The van der Waals surface area contributed by atoms with Crippen molar-refractivity contribution in [3.8, 4) is 10.6 Å². The minimum atomic E-state index is -0.405. The van der Waals surface area contributed by atoms with Crippen LogP contribution in [0.4, 0.5) is 0 Å². The van der Waals surface area contributed by atoms with E-state index < -0.39 is 5.97 Å². The Morgan fingerprint density at radius 1 is 1.06 bits per heavy atom. The fraction of sp³-hybridized carbons (Fsp3) is 0.296. The Balaban J connectivity index is 0.00000289. The standard InChI is InChI=1S/C27H26N2O3S2.ClH/c1-16(2)29-13-12-19-24(15-29)33-23(25(19)26-28-20-6-4-5-7-22(20)34-26)14-21(30)17-8-10-18(11-9-17)27(31)32-3;/h4-11,16H,12-15H2,1-3H3;1H. The highest BCUT2D eigenvalue weighted by Crippen LogP contribution is 2.43. The average Bonchev–Trinajstić information content (AvgIpc) is 3.43. The van der Waals surface area contributed by atoms with Crippen molar-refractivity contribution in [3.63, 3.8) is 0 Å². The molecule has 2 aromatic heterocycles. The lowest BCUT2D eigenvalue weighted by atomic mass is 9.98. The summed E-state index contributed by atoms with van der Waals surface area (Å²) in [4.78, 5) is 34.9. The first kappa shape index (κ1) is 25.5. The third-order valence-electron chi connectivity index (χ3n) is 6.35. The number of ether oxygens (including phenoxy) is 1. The van der Waals surface area contributed by atoms with Gasteiger partial charge in [-0.2, -0.15) is 0 Å². The summed E-state index contributed by atoms with van der Waals surface area (Å²) in [6.07, 6.45) is 1.29. The number of esters is 1. The minimum absolute atomic E-state index is 0. The van der Waals surface area contributed by atoms with Crippen molar-refractivity contribution >= 4 is 57.0 Å². The Morgan fingerprint density at radius 3 is 2.46 bits per heavy atom. The number of rotatable bonds is 6. The maximum absolute atomic E-state index is 13.3. The highest BCUT2D eigenvalue weighted by molar-refractivity contribution is 7.22. The van der Waals surface area contributed by atoms with Gasteiger partial charge < -0.3 is 4.74 Å². The number of thiazole rings is 1. The zero-order valence-corrected chi connectivity index (χ0v) is 22.3. The van der Waals surface area contributed by atoms with Gasteiger partial charge in [-0.05, 0) is 50.1 Å². The van der Waals surface area contributed by atoms with Gasteiger partial charge in [0.15, 0.2) is 5.78 Å². The number of Topliss-reactive ketones (excluding diaryl/α,β-unsaturated/α-hetero) is 1. The third-order valence-corrected chi connectivity index (χ3v) is 8.62. The lowest BCUT2D eigenvalue weighted by molar-refractivity contribution is 0.0600. The summed E-state index contributed by atoms with van der Waals surface area (Å²) in [5.74, 6) is -0.365. The first-order valence-corrected chi connectivity index (χ1v) is 13.0. The zero-order valence-electron chi connectivity index (χ0n) is 19.9. The van der Waals surface area contributed by atoms with E-state index in [0.29, 0.717) is 23.6 Å². The maximum atomic E-state index is 13.3. The molecule has 4 aromatic rings. The Bertz CT molecular complexity index is 1340. The number of halogens is 1. The van der Waals surface area contributed by atoms with Gasteiger partial charge in [0, 0.05) is 46.4 Å². The van der Waals surface area contributed by atoms with Crippen molar-refractivity contribution in [1.29, 1.82) is 0 Å². The summed E-state index contributed by atoms with van der Waals surface area (Å²) >= 11 is 3.45. The molecule has 3 heterocycles. The molecule has 8 heteroatoms. The molecule has 0 fully saturated rings. The van der Waals surface area contributed by atoms with Crippen molar-refractivity contribution in [3.05, 3.63) is 75.0 Å². The number of carbonyl (C=O) groups excluding carboxylic acids is 2. The van der Waals surface area contributed by atoms with Gasteiger partial charge in [-0.25, -0.2) is 9.78 Å². The van der Waals surface area contributed by atoms with Crippen LogP contribution in [0.3, 0.4) is 0 Å². The second-order valence-corrected chi connectivity index (χ2v) is 11.0. The molecule has 5 nitrogen and oxygen atoms in total. The van der Waals surface area contributed by atoms with Crippen molar-refractivity contribution < 1.29 is 14.3 Å². The Hall–Kier alpha value is -2.58. The molecule has 0 saturated heterocycles. The number of thiophene rings is 1. The van der Waals surface area contributed by atoms with Gasteiger partial charge in [0.1, 0.15) is 5.01 Å². The van der Waals surface area contributed by atoms with Gasteiger partial charge in [-0.3, -0.25) is 9.69 Å². The molecular formula is C27H27ClN2O3S2. The van der Waals surface area contributed by atoms with E-state index >= 15 is 0 Å². The van der Waals surface area contributed by atoms with Crippen LogP contribution >= 0.6 is 35.1 Å². The zero-order chi connectivity index (χ0) is 23.8. The smallest absolute Gasteiger partial charge is 0.337 e. The van der Waals surface area contributed by atoms with Gasteiger partial charge in [0.2, 0.25) is 0 Å². The van der Waals surface area contributed by atoms with E-state index in [2.05, 4.69) is 24.8 Å². The van der Waals surface area contributed by atoms with Crippen LogP contribution in [0.5, 0.6) is 0 Å². The number of hydrogen-bond acceptors (Lipinski definition) is 7. The number of methoxy groups -OCH3 is 1. The normalized spacial score (nSPS) is 13.5. The molecule has 0 spiro atoms. The van der Waals surface area contributed by atoms with Gasteiger partial charge >= 0.3 is 5.97 Å². The lowest BCUT2D eigenvalue weighted by Gasteiger charge is -2.30. The van der Waals surface area contributed by atoms with E-state index in [-0.39, 0.29) is 18.2 Å². The molecule has 0 atom stereocenters. The average molecular weight is 527 g/mol. The number of carbonyl (C=O) groups is 2. The fourth-order valence-corrected chi connectivity index (χ4v) is 6.94. The minimum Gasteiger partial charge on any atom is -0.465 e. The van der Waals surface area contributed by atoms with E-state index in [1.165, 1.54) is 17.6 Å². The molecule has 0 amide bonds. The number of benzene rings is 2. The first-order valence-electron chi connectivity index (χ1n) is 11.4. The highest BCUT2D eigenvalue weighted by Gasteiger charge is 2.28. The number of nitrogens with zero attached hydrogens (tertiary/aromatic N) is 2. The molecule has 35 heavy (non-hydrogen) atoms. The predicted molar refractivity (Wildman–Crippen MR) is 145 cm³/mol. The summed E-state index contributed by atoms with van der Waals surface area (Å²) < 4.78 is 5.92. The largest absolute Gasteiger partial charge is 0.465 e. The molecule has 182 valence electrons. The SMILES string of the molecule is COC(=O)c1ccc(C(=O)Cc2sc3c(c2-c2nc4ccccc4s2)CCN(C(C)C)C3)cc1.Cl. The summed E-state index contributed by atoms with van der Waals surface area (Å²) in [6.45, 7) is 6.39. The summed E-state index contributed by atoms with van der Waals surface area (Å²) in [7, 11) is 1.35. The summed E-state index contributed by atoms with van der Waals surface area (Å²) in [6, 6.07) is 15.4. The summed E-state index contributed by atoms with van der Waals surface area (Å²) in [5, 5.41) is 1.00. The first-order chi connectivity index (χ1) is 16.4. The molecule has 1 aliphatic heterocycles. The fourth-order valence-electron chi connectivity index (χ4n) is 4.43. The molecule has 0 N–H and O–H groups in total.